The lowest BCUT2D eigenvalue weighted by Gasteiger charge is -2.25. The van der Waals surface area contributed by atoms with Crippen LogP contribution in [0.1, 0.15) is 36.7 Å². The van der Waals surface area contributed by atoms with Crippen molar-refractivity contribution in [3.8, 4) is 0 Å². The van der Waals surface area contributed by atoms with Gasteiger partial charge >= 0.3 is 0 Å². The van der Waals surface area contributed by atoms with Crippen LogP contribution in [0.25, 0.3) is 0 Å². The number of aryl methyl sites for hydroxylation is 1. The maximum absolute atomic E-state index is 12.7. The molecule has 8 heteroatoms. The number of carbonyl (C=O) groups excluding carboxylic acids is 2. The summed E-state index contributed by atoms with van der Waals surface area (Å²) < 4.78 is 5.27. The smallest absolute Gasteiger partial charge is 0.249 e. The first kappa shape index (κ1) is 18.4. The van der Waals surface area contributed by atoms with E-state index in [2.05, 4.69) is 10.1 Å². The predicted octanol–water partition coefficient (Wildman–Crippen LogP) is 2.40. The van der Waals surface area contributed by atoms with Crippen molar-refractivity contribution in [2.45, 2.75) is 32.7 Å². The number of amides is 2. The SMILES string of the molecule is CC(=O)N1CCN(C(=O)Cc2cccc(Cl)c2)CCC1c1nc(C)no1. The fourth-order valence-corrected chi connectivity index (χ4v) is 3.41. The first-order chi connectivity index (χ1) is 12.4. The molecule has 26 heavy (non-hydrogen) atoms. The number of hydrogen-bond acceptors (Lipinski definition) is 5. The number of carbonyl (C=O) groups is 2. The molecule has 0 N–H and O–H groups in total. The van der Waals surface area contributed by atoms with Gasteiger partial charge in [-0.3, -0.25) is 9.59 Å². The first-order valence-corrected chi connectivity index (χ1v) is 8.91. The molecule has 2 amide bonds. The topological polar surface area (TPSA) is 79.5 Å². The lowest BCUT2D eigenvalue weighted by molar-refractivity contribution is -0.133. The lowest BCUT2D eigenvalue weighted by Crippen LogP contribution is -2.38. The van der Waals surface area contributed by atoms with Crippen LogP contribution >= 0.6 is 11.6 Å². The van der Waals surface area contributed by atoms with Crippen molar-refractivity contribution in [2.24, 2.45) is 0 Å². The van der Waals surface area contributed by atoms with E-state index in [-0.39, 0.29) is 24.3 Å². The molecule has 1 aliphatic heterocycles. The quantitative estimate of drug-likeness (QED) is 0.821. The van der Waals surface area contributed by atoms with Crippen molar-refractivity contribution < 1.29 is 14.1 Å². The Kier molecular flexibility index (Phi) is 5.56. The summed E-state index contributed by atoms with van der Waals surface area (Å²) >= 11 is 5.99. The highest BCUT2D eigenvalue weighted by atomic mass is 35.5. The molecule has 1 saturated heterocycles. The van der Waals surface area contributed by atoms with Crippen LogP contribution in [-0.4, -0.2) is 51.4 Å². The molecule has 1 aromatic carbocycles. The van der Waals surface area contributed by atoms with Crippen molar-refractivity contribution in [1.29, 1.82) is 0 Å². The molecule has 2 heterocycles. The van der Waals surface area contributed by atoms with E-state index in [1.54, 1.807) is 28.9 Å². The first-order valence-electron chi connectivity index (χ1n) is 8.53. The van der Waals surface area contributed by atoms with Gasteiger partial charge in [-0.25, -0.2) is 0 Å². The third-order valence-electron chi connectivity index (χ3n) is 4.49. The van der Waals surface area contributed by atoms with Crippen LogP contribution in [0.2, 0.25) is 5.02 Å². The molecule has 1 aliphatic rings. The number of halogens is 1. The summed E-state index contributed by atoms with van der Waals surface area (Å²) in [5.41, 5.74) is 0.874. The van der Waals surface area contributed by atoms with E-state index >= 15 is 0 Å². The van der Waals surface area contributed by atoms with E-state index in [0.29, 0.717) is 42.8 Å². The average Bonchev–Trinajstić information content (AvgIpc) is 2.89. The third kappa shape index (κ3) is 4.22. The zero-order chi connectivity index (χ0) is 18.7. The van der Waals surface area contributed by atoms with Gasteiger partial charge in [0.2, 0.25) is 17.7 Å². The molecule has 7 nitrogen and oxygen atoms in total. The molecule has 1 atom stereocenters. The summed E-state index contributed by atoms with van der Waals surface area (Å²) in [5, 5.41) is 4.43. The van der Waals surface area contributed by atoms with E-state index < -0.39 is 0 Å². The minimum Gasteiger partial charge on any atom is -0.341 e. The summed E-state index contributed by atoms with van der Waals surface area (Å²) in [6.45, 7) is 4.68. The fourth-order valence-electron chi connectivity index (χ4n) is 3.19. The van der Waals surface area contributed by atoms with E-state index in [1.807, 2.05) is 12.1 Å². The molecule has 0 aliphatic carbocycles. The van der Waals surface area contributed by atoms with Crippen LogP contribution in [0.4, 0.5) is 0 Å². The van der Waals surface area contributed by atoms with Crippen LogP contribution in [0.5, 0.6) is 0 Å². The van der Waals surface area contributed by atoms with Gasteiger partial charge < -0.3 is 14.3 Å². The van der Waals surface area contributed by atoms with Crippen LogP contribution in [0.3, 0.4) is 0 Å². The van der Waals surface area contributed by atoms with Crippen molar-refractivity contribution in [3.05, 3.63) is 46.6 Å². The Balaban J connectivity index is 1.72. The maximum atomic E-state index is 12.7. The molecular formula is C18H21ClN4O3. The molecule has 0 saturated carbocycles. The Morgan fingerprint density at radius 3 is 2.77 bits per heavy atom. The minimum absolute atomic E-state index is 0.0122. The monoisotopic (exact) mass is 376 g/mol. The summed E-state index contributed by atoms with van der Waals surface area (Å²) in [6.07, 6.45) is 0.841. The Hall–Kier alpha value is -2.41. The number of benzene rings is 1. The normalized spacial score (nSPS) is 17.9. The second-order valence-electron chi connectivity index (χ2n) is 6.38. The molecule has 0 radical (unpaired) electrons. The molecule has 1 aromatic heterocycles. The van der Waals surface area contributed by atoms with E-state index in [9.17, 15) is 9.59 Å². The lowest BCUT2D eigenvalue weighted by atomic mass is 10.1. The van der Waals surface area contributed by atoms with Gasteiger partial charge in [0.1, 0.15) is 6.04 Å². The van der Waals surface area contributed by atoms with Gasteiger partial charge in [0.05, 0.1) is 6.42 Å². The van der Waals surface area contributed by atoms with Crippen LogP contribution in [0, 0.1) is 6.92 Å². The standard InChI is InChI=1S/C18H21ClN4O3/c1-12-20-18(26-21-12)16-6-7-22(8-9-23(16)13(2)24)17(25)11-14-4-3-5-15(19)10-14/h3-5,10,16H,6-9,11H2,1-2H3. The molecule has 3 rings (SSSR count). The largest absolute Gasteiger partial charge is 0.341 e. The van der Waals surface area contributed by atoms with E-state index in [1.165, 1.54) is 6.92 Å². The summed E-state index contributed by atoms with van der Waals surface area (Å²) in [4.78, 5) is 32.5. The van der Waals surface area contributed by atoms with Crippen molar-refractivity contribution in [1.82, 2.24) is 19.9 Å². The Morgan fingerprint density at radius 2 is 2.12 bits per heavy atom. The van der Waals surface area contributed by atoms with Gasteiger partial charge in [0, 0.05) is 31.6 Å². The fraction of sp³-hybridized carbons (Fsp3) is 0.444. The predicted molar refractivity (Wildman–Crippen MR) is 95.5 cm³/mol. The second kappa shape index (κ2) is 7.86. The third-order valence-corrected chi connectivity index (χ3v) is 4.72. The Labute approximate surface area is 156 Å². The van der Waals surface area contributed by atoms with Gasteiger partial charge in [-0.05, 0) is 31.0 Å². The summed E-state index contributed by atoms with van der Waals surface area (Å²) in [5.74, 6) is 0.886. The highest BCUT2D eigenvalue weighted by Crippen LogP contribution is 2.26. The van der Waals surface area contributed by atoms with Crippen LogP contribution in [0.15, 0.2) is 28.8 Å². The van der Waals surface area contributed by atoms with Gasteiger partial charge in [-0.15, -0.1) is 0 Å². The summed E-state index contributed by atoms with van der Waals surface area (Å²) in [7, 11) is 0. The molecule has 1 unspecified atom stereocenters. The van der Waals surface area contributed by atoms with Gasteiger partial charge in [-0.2, -0.15) is 4.98 Å². The Morgan fingerprint density at radius 1 is 1.31 bits per heavy atom. The van der Waals surface area contributed by atoms with Crippen LogP contribution < -0.4 is 0 Å². The highest BCUT2D eigenvalue weighted by Gasteiger charge is 2.32. The molecule has 0 bridgehead atoms. The van der Waals surface area contributed by atoms with E-state index in [0.717, 1.165) is 5.56 Å². The van der Waals surface area contributed by atoms with Gasteiger partial charge in [-0.1, -0.05) is 28.9 Å². The molecule has 138 valence electrons. The average molecular weight is 377 g/mol. The number of nitrogens with zero attached hydrogens (tertiary/aromatic N) is 4. The van der Waals surface area contributed by atoms with Crippen molar-refractivity contribution >= 4 is 23.4 Å². The zero-order valence-electron chi connectivity index (χ0n) is 14.8. The molecule has 2 aromatic rings. The zero-order valence-corrected chi connectivity index (χ0v) is 15.6. The van der Waals surface area contributed by atoms with Crippen molar-refractivity contribution in [3.63, 3.8) is 0 Å². The summed E-state index contributed by atoms with van der Waals surface area (Å²) in [6, 6.07) is 6.98. The maximum Gasteiger partial charge on any atom is 0.249 e. The number of hydrogen-bond donors (Lipinski definition) is 0. The second-order valence-corrected chi connectivity index (χ2v) is 6.82. The molecular weight excluding hydrogens is 356 g/mol. The van der Waals surface area contributed by atoms with E-state index in [4.69, 9.17) is 16.1 Å². The molecule has 1 fully saturated rings. The minimum atomic E-state index is -0.308. The highest BCUT2D eigenvalue weighted by molar-refractivity contribution is 6.30. The Bertz CT molecular complexity index is 807. The van der Waals surface area contributed by atoms with Crippen molar-refractivity contribution in [2.75, 3.05) is 19.6 Å². The number of rotatable bonds is 3. The van der Waals surface area contributed by atoms with Gasteiger partial charge in [0.25, 0.3) is 0 Å². The van der Waals surface area contributed by atoms with Gasteiger partial charge in [0.15, 0.2) is 5.82 Å². The molecule has 0 spiro atoms. The number of aromatic nitrogens is 2. The van der Waals surface area contributed by atoms with Crippen LogP contribution in [-0.2, 0) is 16.0 Å².